The second-order valence-corrected chi connectivity index (χ2v) is 33.1. The maximum Gasteiger partial charge on any atom is 0.308 e. The van der Waals surface area contributed by atoms with E-state index in [9.17, 15) is 19.2 Å². The Hall–Kier alpha value is -2.12. The first-order valence-corrected chi connectivity index (χ1v) is 46.5. The van der Waals surface area contributed by atoms with Gasteiger partial charge in [0.1, 0.15) is 31.8 Å². The molecule has 0 aliphatic heterocycles. The first-order chi connectivity index (χ1) is 49.9. The zero-order chi connectivity index (χ0) is 72.6. The standard InChI is InChI=1S/C93H178O8/c1-4-7-10-13-16-19-22-25-28-31-34-41-46-51-56-61-66-71-76-81-89(94)98-84-93(85-99-90(95)82-77-72-67-62-57-52-47-42-35-32-29-26-23-20-17-14-11-8-5-2,86-100-91(96)83-78-73-68-63-58-53-48-43-36-33-30-27-24-21-18-15-12-9-6-3)87-101-92(97)88-79-74-69-64-59-54-49-44-39-37-38-40-45-50-55-60-65-70-75-80-88/h88H,4-87H2,1-3H3. The van der Waals surface area contributed by atoms with E-state index in [1.165, 1.54) is 398 Å². The predicted octanol–water partition coefficient (Wildman–Crippen LogP) is 31.0. The molecule has 0 unspecified atom stereocenters. The zero-order valence-electron chi connectivity index (χ0n) is 68.7. The summed E-state index contributed by atoms with van der Waals surface area (Å²) in [6.45, 7) is 6.28. The first kappa shape index (κ1) is 96.9. The molecule has 0 atom stereocenters. The Labute approximate surface area is 630 Å². The van der Waals surface area contributed by atoms with Gasteiger partial charge in [0.2, 0.25) is 0 Å². The van der Waals surface area contributed by atoms with Crippen LogP contribution in [-0.4, -0.2) is 50.3 Å². The van der Waals surface area contributed by atoms with Crippen LogP contribution in [0.5, 0.6) is 0 Å². The summed E-state index contributed by atoms with van der Waals surface area (Å²) in [5.41, 5.74) is -1.22. The predicted molar refractivity (Wildman–Crippen MR) is 436 cm³/mol. The van der Waals surface area contributed by atoms with Crippen LogP contribution in [0, 0.1) is 11.3 Å². The molecule has 1 saturated carbocycles. The van der Waals surface area contributed by atoms with Crippen LogP contribution in [0.4, 0.5) is 0 Å². The van der Waals surface area contributed by atoms with Gasteiger partial charge >= 0.3 is 23.9 Å². The highest BCUT2D eigenvalue weighted by molar-refractivity contribution is 5.73. The third-order valence-electron chi connectivity index (χ3n) is 22.8. The Bertz CT molecular complexity index is 1530. The molecule has 101 heavy (non-hydrogen) atoms. The van der Waals surface area contributed by atoms with Crippen molar-refractivity contribution in [3.05, 3.63) is 0 Å². The second-order valence-electron chi connectivity index (χ2n) is 33.1. The molecule has 0 spiro atoms. The van der Waals surface area contributed by atoms with E-state index in [1.807, 2.05) is 0 Å². The summed E-state index contributed by atoms with van der Waals surface area (Å²) in [7, 11) is 0. The molecule has 1 fully saturated rings. The molecular formula is C93H178O8. The lowest BCUT2D eigenvalue weighted by atomic mass is 9.91. The summed E-state index contributed by atoms with van der Waals surface area (Å²) in [6, 6.07) is 0. The number of esters is 4. The smallest absolute Gasteiger partial charge is 0.308 e. The number of unbranched alkanes of at least 4 members (excludes halogenated alkanes) is 54. The quantitative estimate of drug-likeness (QED) is 0.0337. The van der Waals surface area contributed by atoms with Crippen LogP contribution < -0.4 is 0 Å². The SMILES string of the molecule is CCCCCCCCCCCCCCCCCCCCCC(=O)OCC(COC(=O)CCCCCCCCCCCCCCCCCCCCC)(COC(=O)CCCCCCCCCCCCCCCCCCCCC)COC(=O)C1CCCCCCCCCCCCCCCCCCCC1. The highest BCUT2D eigenvalue weighted by atomic mass is 16.6. The Morgan fingerprint density at radius 2 is 0.356 bits per heavy atom. The lowest BCUT2D eigenvalue weighted by Gasteiger charge is -2.32. The van der Waals surface area contributed by atoms with E-state index in [2.05, 4.69) is 20.8 Å². The van der Waals surface area contributed by atoms with Gasteiger partial charge in [-0.1, -0.05) is 483 Å². The van der Waals surface area contributed by atoms with Crippen molar-refractivity contribution in [1.82, 2.24) is 0 Å². The van der Waals surface area contributed by atoms with E-state index in [0.717, 1.165) is 96.3 Å². The molecular weight excluding hydrogens is 1250 g/mol. The highest BCUT2D eigenvalue weighted by Gasteiger charge is 2.39. The van der Waals surface area contributed by atoms with Crippen molar-refractivity contribution in [2.45, 2.75) is 534 Å². The van der Waals surface area contributed by atoms with Gasteiger partial charge in [0.25, 0.3) is 0 Å². The van der Waals surface area contributed by atoms with E-state index >= 15 is 0 Å². The van der Waals surface area contributed by atoms with Crippen molar-refractivity contribution >= 4 is 23.9 Å². The van der Waals surface area contributed by atoms with Gasteiger partial charge in [0, 0.05) is 19.3 Å². The molecule has 1 aliphatic carbocycles. The molecule has 0 amide bonds. The van der Waals surface area contributed by atoms with E-state index in [-0.39, 0.29) is 56.2 Å². The van der Waals surface area contributed by atoms with Gasteiger partial charge in [-0.2, -0.15) is 0 Å². The third-order valence-corrected chi connectivity index (χ3v) is 22.8. The molecule has 0 aromatic heterocycles. The number of carbonyl (C=O) groups excluding carboxylic acids is 4. The Kier molecular flexibility index (Phi) is 77.1. The van der Waals surface area contributed by atoms with Crippen molar-refractivity contribution in [3.8, 4) is 0 Å². The van der Waals surface area contributed by atoms with Crippen LogP contribution in [-0.2, 0) is 38.1 Å². The number of hydrogen-bond donors (Lipinski definition) is 0. The van der Waals surface area contributed by atoms with E-state index < -0.39 is 5.41 Å². The minimum absolute atomic E-state index is 0.145. The van der Waals surface area contributed by atoms with Gasteiger partial charge in [-0.3, -0.25) is 19.2 Å². The summed E-state index contributed by atoms with van der Waals surface area (Å²) in [5, 5.41) is 0. The van der Waals surface area contributed by atoms with Gasteiger partial charge in [-0.05, 0) is 32.1 Å². The minimum Gasteiger partial charge on any atom is -0.465 e. The molecule has 0 radical (unpaired) electrons. The lowest BCUT2D eigenvalue weighted by Crippen LogP contribution is -2.44. The molecule has 1 aliphatic rings. The topological polar surface area (TPSA) is 105 Å². The van der Waals surface area contributed by atoms with Crippen LogP contribution in [0.15, 0.2) is 0 Å². The van der Waals surface area contributed by atoms with E-state index in [4.69, 9.17) is 18.9 Å². The van der Waals surface area contributed by atoms with Crippen molar-refractivity contribution in [1.29, 1.82) is 0 Å². The van der Waals surface area contributed by atoms with Crippen LogP contribution in [0.3, 0.4) is 0 Å². The van der Waals surface area contributed by atoms with Crippen LogP contribution in [0.25, 0.3) is 0 Å². The molecule has 0 saturated heterocycles. The molecule has 0 aromatic carbocycles. The number of ether oxygens (including phenoxy) is 4. The number of carbonyl (C=O) groups is 4. The normalized spacial score (nSPS) is 14.6. The summed E-state index contributed by atoms with van der Waals surface area (Å²) >= 11 is 0. The average Bonchev–Trinajstić information content (AvgIpc) is 0.854. The fraction of sp³-hybridized carbons (Fsp3) is 0.957. The van der Waals surface area contributed by atoms with Crippen molar-refractivity contribution in [3.63, 3.8) is 0 Å². The minimum atomic E-state index is -1.22. The summed E-state index contributed by atoms with van der Waals surface area (Å²) < 4.78 is 24.9. The van der Waals surface area contributed by atoms with Gasteiger partial charge < -0.3 is 18.9 Å². The number of hydrogen-bond acceptors (Lipinski definition) is 8. The molecule has 0 aromatic rings. The molecule has 598 valence electrons. The summed E-state index contributed by atoms with van der Waals surface area (Å²) in [6.07, 6.45) is 99.0. The first-order valence-electron chi connectivity index (χ1n) is 46.5. The van der Waals surface area contributed by atoms with E-state index in [0.29, 0.717) is 19.3 Å². The summed E-state index contributed by atoms with van der Waals surface area (Å²) in [4.78, 5) is 55.7. The fourth-order valence-corrected chi connectivity index (χ4v) is 15.5. The Morgan fingerprint density at radius 3 is 0.535 bits per heavy atom. The highest BCUT2D eigenvalue weighted by Crippen LogP contribution is 2.28. The van der Waals surface area contributed by atoms with Gasteiger partial charge in [-0.25, -0.2) is 0 Å². The average molecular weight is 1420 g/mol. The van der Waals surface area contributed by atoms with Gasteiger partial charge in [-0.15, -0.1) is 0 Å². The van der Waals surface area contributed by atoms with Gasteiger partial charge in [0.05, 0.1) is 5.92 Å². The van der Waals surface area contributed by atoms with Crippen LogP contribution >= 0.6 is 0 Å². The molecule has 8 heteroatoms. The van der Waals surface area contributed by atoms with Crippen molar-refractivity contribution in [2.24, 2.45) is 11.3 Å². The van der Waals surface area contributed by atoms with Gasteiger partial charge in [0.15, 0.2) is 0 Å². The molecule has 0 N–H and O–H groups in total. The maximum atomic E-state index is 14.5. The Balaban J connectivity index is 2.98. The second kappa shape index (κ2) is 80.4. The molecule has 0 heterocycles. The number of rotatable bonds is 69. The largest absolute Gasteiger partial charge is 0.465 e. The van der Waals surface area contributed by atoms with Crippen LogP contribution in [0.2, 0.25) is 0 Å². The Morgan fingerprint density at radius 1 is 0.208 bits per heavy atom. The molecule has 1 rings (SSSR count). The maximum absolute atomic E-state index is 14.5. The molecule has 0 bridgehead atoms. The monoisotopic (exact) mass is 1420 g/mol. The van der Waals surface area contributed by atoms with Crippen molar-refractivity contribution in [2.75, 3.05) is 26.4 Å². The van der Waals surface area contributed by atoms with E-state index in [1.54, 1.807) is 0 Å². The summed E-state index contributed by atoms with van der Waals surface area (Å²) in [5.74, 6) is -1.38. The third kappa shape index (κ3) is 71.9. The zero-order valence-corrected chi connectivity index (χ0v) is 68.7. The van der Waals surface area contributed by atoms with Crippen molar-refractivity contribution < 1.29 is 38.1 Å². The fourth-order valence-electron chi connectivity index (χ4n) is 15.5. The lowest BCUT2D eigenvalue weighted by molar-refractivity contribution is -0.172. The molecule has 8 nitrogen and oxygen atoms in total. The van der Waals surface area contributed by atoms with Crippen LogP contribution in [0.1, 0.15) is 534 Å².